The molecule has 4 aromatic rings. The van der Waals surface area contributed by atoms with Gasteiger partial charge in [0.15, 0.2) is 0 Å². The summed E-state index contributed by atoms with van der Waals surface area (Å²) in [6, 6.07) is 24.5. The molecule has 2 aromatic heterocycles. The lowest BCUT2D eigenvalue weighted by atomic mass is 10.1. The molecule has 3 nitrogen and oxygen atoms in total. The van der Waals surface area contributed by atoms with Crippen molar-refractivity contribution in [2.45, 2.75) is 19.5 Å². The first kappa shape index (κ1) is 16.8. The van der Waals surface area contributed by atoms with E-state index >= 15 is 0 Å². The molecular formula is C22H20ClN3. The molecule has 26 heavy (non-hydrogen) atoms. The van der Waals surface area contributed by atoms with Gasteiger partial charge in [-0.15, -0.1) is 0 Å². The van der Waals surface area contributed by atoms with Crippen LogP contribution in [0, 0.1) is 0 Å². The minimum atomic E-state index is 0.140. The Bertz CT molecular complexity index is 1020. The molecule has 0 aliphatic rings. The maximum atomic E-state index is 6.34. The molecule has 0 amide bonds. The Labute approximate surface area is 158 Å². The number of fused-ring (bicyclic) bond motifs is 1. The van der Waals surface area contributed by atoms with Gasteiger partial charge >= 0.3 is 0 Å². The largest absolute Gasteiger partial charge is 0.304 e. The monoisotopic (exact) mass is 361 g/mol. The van der Waals surface area contributed by atoms with Crippen LogP contribution in [0.15, 0.2) is 79.0 Å². The van der Waals surface area contributed by atoms with Gasteiger partial charge in [0.2, 0.25) is 0 Å². The highest BCUT2D eigenvalue weighted by Crippen LogP contribution is 2.26. The highest BCUT2D eigenvalue weighted by Gasteiger charge is 2.15. The molecule has 0 saturated carbocycles. The van der Waals surface area contributed by atoms with Crippen molar-refractivity contribution in [2.75, 3.05) is 0 Å². The Hall–Kier alpha value is -2.62. The fourth-order valence-corrected chi connectivity index (χ4v) is 3.53. The van der Waals surface area contributed by atoms with Gasteiger partial charge in [-0.2, -0.15) is 0 Å². The number of hydrogen-bond donors (Lipinski definition) is 1. The van der Waals surface area contributed by atoms with Crippen molar-refractivity contribution < 1.29 is 0 Å². The quantitative estimate of drug-likeness (QED) is 0.508. The lowest BCUT2D eigenvalue weighted by Crippen LogP contribution is -2.19. The van der Waals surface area contributed by atoms with Gasteiger partial charge in [0.05, 0.1) is 11.4 Å². The summed E-state index contributed by atoms with van der Waals surface area (Å²) in [7, 11) is 0. The summed E-state index contributed by atoms with van der Waals surface area (Å²) in [5, 5.41) is 4.39. The first-order valence-electron chi connectivity index (χ1n) is 8.73. The molecule has 130 valence electrons. The number of imidazole rings is 1. The summed E-state index contributed by atoms with van der Waals surface area (Å²) < 4.78 is 2.15. The highest BCUT2D eigenvalue weighted by atomic mass is 35.5. The van der Waals surface area contributed by atoms with E-state index in [4.69, 9.17) is 16.6 Å². The van der Waals surface area contributed by atoms with E-state index in [2.05, 4.69) is 41.0 Å². The van der Waals surface area contributed by atoms with Crippen molar-refractivity contribution in [3.63, 3.8) is 0 Å². The molecule has 2 heterocycles. The average molecular weight is 362 g/mol. The van der Waals surface area contributed by atoms with Gasteiger partial charge in [0.25, 0.3) is 0 Å². The molecule has 4 heteroatoms. The summed E-state index contributed by atoms with van der Waals surface area (Å²) in [6.45, 7) is 2.83. The Morgan fingerprint density at radius 2 is 1.69 bits per heavy atom. The van der Waals surface area contributed by atoms with Crippen LogP contribution in [0.25, 0.3) is 16.9 Å². The summed E-state index contributed by atoms with van der Waals surface area (Å²) >= 11 is 6.34. The third-order valence-electron chi connectivity index (χ3n) is 4.62. The first-order valence-corrected chi connectivity index (χ1v) is 9.11. The smallest absolute Gasteiger partial charge is 0.137 e. The second-order valence-electron chi connectivity index (χ2n) is 6.33. The van der Waals surface area contributed by atoms with Gasteiger partial charge in [-0.1, -0.05) is 66.2 Å². The summed E-state index contributed by atoms with van der Waals surface area (Å²) in [4.78, 5) is 4.85. The predicted molar refractivity (Wildman–Crippen MR) is 107 cm³/mol. The van der Waals surface area contributed by atoms with Gasteiger partial charge in [0, 0.05) is 29.4 Å². The van der Waals surface area contributed by atoms with Crippen LogP contribution in [0.4, 0.5) is 0 Å². The standard InChI is InChI=1S/C22H20ClN3/c1-16(18-11-5-6-12-19(18)23)24-15-20-22(17-9-3-2-4-10-17)25-21-13-7-8-14-26(20)21/h2-14,16,24H,15H2,1H3/t16-/m1/s1. The van der Waals surface area contributed by atoms with Gasteiger partial charge in [0.1, 0.15) is 5.65 Å². The van der Waals surface area contributed by atoms with Crippen molar-refractivity contribution in [3.8, 4) is 11.3 Å². The normalized spacial score (nSPS) is 12.4. The van der Waals surface area contributed by atoms with E-state index < -0.39 is 0 Å². The van der Waals surface area contributed by atoms with Crippen molar-refractivity contribution >= 4 is 17.2 Å². The Morgan fingerprint density at radius 1 is 0.962 bits per heavy atom. The fourth-order valence-electron chi connectivity index (χ4n) is 3.23. The Morgan fingerprint density at radius 3 is 2.50 bits per heavy atom. The van der Waals surface area contributed by atoms with E-state index in [9.17, 15) is 0 Å². The lowest BCUT2D eigenvalue weighted by Gasteiger charge is -2.16. The van der Waals surface area contributed by atoms with Crippen LogP contribution >= 0.6 is 11.6 Å². The van der Waals surface area contributed by atoms with E-state index in [1.807, 2.05) is 54.6 Å². The average Bonchev–Trinajstić information content (AvgIpc) is 3.06. The molecule has 4 rings (SSSR count). The lowest BCUT2D eigenvalue weighted by molar-refractivity contribution is 0.567. The third-order valence-corrected chi connectivity index (χ3v) is 4.97. The van der Waals surface area contributed by atoms with E-state index in [1.165, 1.54) is 0 Å². The van der Waals surface area contributed by atoms with Gasteiger partial charge in [-0.3, -0.25) is 0 Å². The predicted octanol–water partition coefficient (Wildman–Crippen LogP) is 5.51. The third kappa shape index (κ3) is 3.24. The Balaban J connectivity index is 1.68. The van der Waals surface area contributed by atoms with Crippen LogP contribution < -0.4 is 5.32 Å². The van der Waals surface area contributed by atoms with Crippen LogP contribution in [0.1, 0.15) is 24.2 Å². The topological polar surface area (TPSA) is 29.3 Å². The Kier molecular flexibility index (Phi) is 4.74. The second kappa shape index (κ2) is 7.32. The van der Waals surface area contributed by atoms with Crippen molar-refractivity contribution in [1.29, 1.82) is 0 Å². The minimum Gasteiger partial charge on any atom is -0.304 e. The number of rotatable bonds is 5. The zero-order chi connectivity index (χ0) is 17.9. The molecule has 0 fully saturated rings. The number of nitrogens with zero attached hydrogens (tertiary/aromatic N) is 2. The number of pyridine rings is 1. The van der Waals surface area contributed by atoms with Crippen LogP contribution in [-0.2, 0) is 6.54 Å². The molecular weight excluding hydrogens is 342 g/mol. The van der Waals surface area contributed by atoms with E-state index in [-0.39, 0.29) is 6.04 Å². The highest BCUT2D eigenvalue weighted by molar-refractivity contribution is 6.31. The molecule has 0 saturated heterocycles. The van der Waals surface area contributed by atoms with Gasteiger partial charge in [-0.25, -0.2) is 4.98 Å². The minimum absolute atomic E-state index is 0.140. The zero-order valence-corrected chi connectivity index (χ0v) is 15.3. The molecule has 0 spiro atoms. The zero-order valence-electron chi connectivity index (χ0n) is 14.6. The number of hydrogen-bond acceptors (Lipinski definition) is 2. The summed E-state index contributed by atoms with van der Waals surface area (Å²) in [5.74, 6) is 0. The SMILES string of the molecule is C[C@@H](NCc1c(-c2ccccc2)nc2ccccn12)c1ccccc1Cl. The molecule has 2 aromatic carbocycles. The van der Waals surface area contributed by atoms with Crippen LogP contribution in [0.5, 0.6) is 0 Å². The summed E-state index contributed by atoms with van der Waals surface area (Å²) in [5.41, 5.74) is 5.33. The van der Waals surface area contributed by atoms with Crippen LogP contribution in [0.2, 0.25) is 5.02 Å². The molecule has 0 bridgehead atoms. The van der Waals surface area contributed by atoms with Crippen molar-refractivity contribution in [2.24, 2.45) is 0 Å². The number of nitrogens with one attached hydrogen (secondary N) is 1. The number of aromatic nitrogens is 2. The molecule has 0 aliphatic carbocycles. The van der Waals surface area contributed by atoms with E-state index in [0.717, 1.165) is 33.2 Å². The number of benzene rings is 2. The van der Waals surface area contributed by atoms with Gasteiger partial charge < -0.3 is 9.72 Å². The first-order chi connectivity index (χ1) is 12.7. The fraction of sp³-hybridized carbons (Fsp3) is 0.136. The molecule has 0 aliphatic heterocycles. The van der Waals surface area contributed by atoms with Crippen molar-refractivity contribution in [3.05, 3.63) is 95.3 Å². The van der Waals surface area contributed by atoms with Gasteiger partial charge in [-0.05, 0) is 30.7 Å². The molecule has 0 radical (unpaired) electrons. The molecule has 0 unspecified atom stereocenters. The number of halogens is 1. The maximum Gasteiger partial charge on any atom is 0.137 e. The van der Waals surface area contributed by atoms with Crippen LogP contribution in [-0.4, -0.2) is 9.38 Å². The molecule has 1 atom stereocenters. The van der Waals surface area contributed by atoms with Crippen LogP contribution in [0.3, 0.4) is 0 Å². The van der Waals surface area contributed by atoms with E-state index in [0.29, 0.717) is 6.54 Å². The summed E-state index contributed by atoms with van der Waals surface area (Å²) in [6.07, 6.45) is 2.06. The molecule has 1 N–H and O–H groups in total. The van der Waals surface area contributed by atoms with E-state index in [1.54, 1.807) is 0 Å². The van der Waals surface area contributed by atoms with Crippen molar-refractivity contribution in [1.82, 2.24) is 14.7 Å². The second-order valence-corrected chi connectivity index (χ2v) is 6.73. The maximum absolute atomic E-state index is 6.34.